The zero-order chi connectivity index (χ0) is 49.1. The molecule has 2 aromatic rings. The highest BCUT2D eigenvalue weighted by Gasteiger charge is 2.35. The molecule has 66 heavy (non-hydrogen) atoms. The predicted octanol–water partition coefficient (Wildman–Crippen LogP) is -2.22. The van der Waals surface area contributed by atoms with E-state index in [2.05, 4.69) is 42.5 Å². The number of hydrogen-bond acceptors (Lipinski definition) is 12. The number of hydrogen-bond donors (Lipinski definition) is 12. The van der Waals surface area contributed by atoms with Crippen molar-refractivity contribution < 1.29 is 43.5 Å². The van der Waals surface area contributed by atoms with Crippen LogP contribution in [0.4, 0.5) is 0 Å². The summed E-state index contributed by atoms with van der Waals surface area (Å²) in [6, 6.07) is 3.38. The van der Waals surface area contributed by atoms with Gasteiger partial charge in [0.2, 0.25) is 47.3 Å². The molecule has 0 radical (unpaired) electrons. The number of nitrogens with two attached hydrogens (primary N) is 3. The Kier molecular flexibility index (Phi) is 22.1. The van der Waals surface area contributed by atoms with Crippen LogP contribution in [0.5, 0.6) is 0 Å². The number of amides is 8. The number of aliphatic hydroxyl groups is 1. The molecule has 8 amide bonds. The van der Waals surface area contributed by atoms with Crippen molar-refractivity contribution in [2.75, 3.05) is 26.2 Å². The minimum atomic E-state index is -1.55. The molecule has 0 unspecified atom stereocenters. The lowest BCUT2D eigenvalue weighted by molar-refractivity contribution is -0.136. The Bertz CT molecular complexity index is 1980. The maximum Gasteiger partial charge on any atom is 0.245 e. The third kappa shape index (κ3) is 17.1. The van der Waals surface area contributed by atoms with E-state index in [4.69, 9.17) is 17.2 Å². The summed E-state index contributed by atoms with van der Waals surface area (Å²) in [7, 11) is 0. The Morgan fingerprint density at radius 3 is 1.61 bits per heavy atom. The summed E-state index contributed by atoms with van der Waals surface area (Å²) in [4.78, 5) is 111. The van der Waals surface area contributed by atoms with Crippen LogP contribution in [0.25, 0.3) is 0 Å². The smallest absolute Gasteiger partial charge is 0.245 e. The van der Waals surface area contributed by atoms with Crippen molar-refractivity contribution in [3.05, 3.63) is 70.3 Å². The molecule has 0 aliphatic carbocycles. The number of carbonyl (C=O) groups is 8. The van der Waals surface area contributed by atoms with Crippen LogP contribution in [0, 0.1) is 26.7 Å². The van der Waals surface area contributed by atoms with E-state index in [0.29, 0.717) is 5.56 Å². The van der Waals surface area contributed by atoms with Crippen molar-refractivity contribution in [2.45, 2.75) is 135 Å². The van der Waals surface area contributed by atoms with E-state index in [1.165, 1.54) is 6.92 Å². The number of rotatable bonds is 14. The van der Waals surface area contributed by atoms with Gasteiger partial charge in [-0.05, 0) is 108 Å². The molecule has 1 aliphatic rings. The third-order valence-corrected chi connectivity index (χ3v) is 11.1. The molecule has 1 aliphatic heterocycles. The fourth-order valence-corrected chi connectivity index (χ4v) is 7.70. The number of benzene rings is 2. The van der Waals surface area contributed by atoms with Gasteiger partial charge in [0, 0.05) is 13.0 Å². The Balaban J connectivity index is 2.11. The topological polar surface area (TPSA) is 331 Å². The zero-order valence-corrected chi connectivity index (χ0v) is 39.0. The van der Waals surface area contributed by atoms with Crippen LogP contribution in [0.3, 0.4) is 0 Å². The number of carbonyl (C=O) groups excluding carboxylic acids is 8. The lowest BCUT2D eigenvalue weighted by Crippen LogP contribution is -2.61. The molecule has 0 spiro atoms. The largest absolute Gasteiger partial charge is 0.391 e. The van der Waals surface area contributed by atoms with Gasteiger partial charge < -0.3 is 64.8 Å². The average molecular weight is 922 g/mol. The molecule has 0 bridgehead atoms. The number of nitrogens with one attached hydrogen (secondary N) is 8. The second-order valence-electron chi connectivity index (χ2n) is 17.3. The first-order valence-corrected chi connectivity index (χ1v) is 22.6. The molecule has 1 heterocycles. The van der Waals surface area contributed by atoms with E-state index >= 15 is 0 Å². The SMILES string of the molecule is Cc1cc(C)c(CC(=O)N[C@H]2CCNC(=O)[C@H]([C@@H](C)O)NC(=O)[C@H](CCN)NC(=O)[C@H](CCN)NC(=O)[C@H](CC(C)C)NC(=O)[C@@H](Cc3ccccc3)NC(=O)[C@H](CCN)NC2=O)c(C)c1. The van der Waals surface area contributed by atoms with Crippen molar-refractivity contribution in [3.63, 3.8) is 0 Å². The van der Waals surface area contributed by atoms with Gasteiger partial charge in [0.1, 0.15) is 42.3 Å². The molecule has 1 fully saturated rings. The van der Waals surface area contributed by atoms with Crippen LogP contribution in [0.2, 0.25) is 0 Å². The fraction of sp³-hybridized carbons (Fsp3) is 0.565. The molecule has 0 saturated carbocycles. The van der Waals surface area contributed by atoms with Crippen molar-refractivity contribution in [1.82, 2.24) is 42.5 Å². The van der Waals surface area contributed by atoms with E-state index in [0.717, 1.165) is 22.3 Å². The fourth-order valence-electron chi connectivity index (χ4n) is 7.70. The first kappa shape index (κ1) is 54.4. The Morgan fingerprint density at radius 2 is 1.11 bits per heavy atom. The van der Waals surface area contributed by atoms with Crippen LogP contribution in [0.15, 0.2) is 42.5 Å². The molecule has 1 saturated heterocycles. The lowest BCUT2D eigenvalue weighted by Gasteiger charge is -2.28. The molecule has 20 heteroatoms. The molecule has 15 N–H and O–H groups in total. The van der Waals surface area contributed by atoms with E-state index in [9.17, 15) is 43.5 Å². The average Bonchev–Trinajstić information content (AvgIpc) is 3.24. The second kappa shape index (κ2) is 26.9. The summed E-state index contributed by atoms with van der Waals surface area (Å²) in [5, 5.41) is 31.8. The minimum absolute atomic E-state index is 0.0236. The summed E-state index contributed by atoms with van der Waals surface area (Å²) in [5.41, 5.74) is 21.8. The zero-order valence-electron chi connectivity index (χ0n) is 39.0. The number of aryl methyl sites for hydroxylation is 3. The highest BCUT2D eigenvalue weighted by atomic mass is 16.3. The standard InChI is InChI=1S/C46H71N11O9/c1-25(2)20-36-44(64)54-32(12-16-47)40(60)53-34(14-18-49)43(63)57-39(29(6)58)46(66)50-19-15-35(51-38(59)24-31-27(4)21-26(3)22-28(31)5)42(62)52-33(13-17-48)41(61)56-37(45(65)55-36)23-30-10-8-7-9-11-30/h7-11,21-22,25,29,32-37,39,58H,12-20,23-24,47-49H2,1-6H3,(H,50,66)(H,51,59)(H,52,62)(H,53,60)(H,54,64)(H,55,65)(H,56,61)(H,57,63)/t29-,32+,33+,34+,35+,36+,37-,39+/m1/s1. The van der Waals surface area contributed by atoms with Crippen LogP contribution >= 0.6 is 0 Å². The molecule has 3 rings (SSSR count). The van der Waals surface area contributed by atoms with E-state index in [1.54, 1.807) is 30.3 Å². The second-order valence-corrected chi connectivity index (χ2v) is 17.3. The normalized spacial score (nSPS) is 23.9. The van der Waals surface area contributed by atoms with E-state index in [-0.39, 0.29) is 77.0 Å². The minimum Gasteiger partial charge on any atom is -0.391 e. The molecule has 2 aromatic carbocycles. The van der Waals surface area contributed by atoms with Crippen molar-refractivity contribution in [2.24, 2.45) is 23.1 Å². The van der Waals surface area contributed by atoms with Crippen molar-refractivity contribution >= 4 is 47.3 Å². The van der Waals surface area contributed by atoms with Gasteiger partial charge in [-0.2, -0.15) is 0 Å². The van der Waals surface area contributed by atoms with Crippen LogP contribution < -0.4 is 59.7 Å². The Hall–Kier alpha value is -5.96. The van der Waals surface area contributed by atoms with Gasteiger partial charge in [0.15, 0.2) is 0 Å². The summed E-state index contributed by atoms with van der Waals surface area (Å²) in [6.07, 6.45) is -1.90. The molecule has 8 atom stereocenters. The number of aliphatic hydroxyl groups excluding tert-OH is 1. The summed E-state index contributed by atoms with van der Waals surface area (Å²) < 4.78 is 0. The van der Waals surface area contributed by atoms with E-state index in [1.807, 2.05) is 46.8 Å². The molecule has 0 aromatic heterocycles. The summed E-state index contributed by atoms with van der Waals surface area (Å²) >= 11 is 0. The van der Waals surface area contributed by atoms with Crippen molar-refractivity contribution in [3.8, 4) is 0 Å². The van der Waals surface area contributed by atoms with Gasteiger partial charge in [-0.3, -0.25) is 38.4 Å². The van der Waals surface area contributed by atoms with Gasteiger partial charge >= 0.3 is 0 Å². The molecular formula is C46H71N11O9. The lowest BCUT2D eigenvalue weighted by atomic mass is 9.97. The van der Waals surface area contributed by atoms with Gasteiger partial charge in [0.25, 0.3) is 0 Å². The molecule has 364 valence electrons. The van der Waals surface area contributed by atoms with Gasteiger partial charge in [-0.25, -0.2) is 0 Å². The quantitative estimate of drug-likeness (QED) is 0.0960. The Labute approximate surface area is 386 Å². The summed E-state index contributed by atoms with van der Waals surface area (Å²) in [6.45, 7) is 10.1. The van der Waals surface area contributed by atoms with Crippen molar-refractivity contribution in [1.29, 1.82) is 0 Å². The monoisotopic (exact) mass is 922 g/mol. The van der Waals surface area contributed by atoms with Gasteiger partial charge in [-0.15, -0.1) is 0 Å². The highest BCUT2D eigenvalue weighted by molar-refractivity contribution is 5.98. The molecular weight excluding hydrogens is 851 g/mol. The van der Waals surface area contributed by atoms with Gasteiger partial charge in [0.05, 0.1) is 12.5 Å². The molecule has 20 nitrogen and oxygen atoms in total. The predicted molar refractivity (Wildman–Crippen MR) is 248 cm³/mol. The van der Waals surface area contributed by atoms with Crippen LogP contribution in [-0.4, -0.2) is 127 Å². The Morgan fingerprint density at radius 1 is 0.652 bits per heavy atom. The maximum absolute atomic E-state index is 14.3. The highest BCUT2D eigenvalue weighted by Crippen LogP contribution is 2.17. The van der Waals surface area contributed by atoms with Crippen LogP contribution in [-0.2, 0) is 51.2 Å². The van der Waals surface area contributed by atoms with Crippen LogP contribution in [0.1, 0.15) is 80.7 Å². The first-order chi connectivity index (χ1) is 31.3. The third-order valence-electron chi connectivity index (χ3n) is 11.1. The summed E-state index contributed by atoms with van der Waals surface area (Å²) in [5.74, 6) is -6.24. The van der Waals surface area contributed by atoms with E-state index < -0.39 is 95.7 Å². The van der Waals surface area contributed by atoms with Gasteiger partial charge in [-0.1, -0.05) is 61.9 Å². The maximum atomic E-state index is 14.3. The first-order valence-electron chi connectivity index (χ1n) is 22.6.